The molecule has 1 N–H and O–H groups in total. The maximum absolute atomic E-state index is 11.1. The van der Waals surface area contributed by atoms with Crippen LogP contribution in [0.25, 0.3) is 0 Å². The number of piperidine rings is 1. The summed E-state index contributed by atoms with van der Waals surface area (Å²) in [4.78, 5) is 13.0. The van der Waals surface area contributed by atoms with E-state index in [0.29, 0.717) is 5.92 Å². The van der Waals surface area contributed by atoms with Crippen LogP contribution in [0.15, 0.2) is 18.2 Å². The lowest BCUT2D eigenvalue weighted by molar-refractivity contribution is -0.385. The Kier molecular flexibility index (Phi) is 5.01. The molecule has 2 atom stereocenters. The van der Waals surface area contributed by atoms with Crippen molar-refractivity contribution in [2.45, 2.75) is 25.8 Å². The van der Waals surface area contributed by atoms with Gasteiger partial charge in [-0.2, -0.15) is 0 Å². The molecular weight excluding hydrogens is 270 g/mol. The molecule has 0 saturated carbocycles. The summed E-state index contributed by atoms with van der Waals surface area (Å²) in [5, 5.41) is 14.4. The number of anilines is 1. The highest BCUT2D eigenvalue weighted by Gasteiger charge is 2.23. The molecule has 1 saturated heterocycles. The molecule has 1 aromatic carbocycles. The molecule has 0 radical (unpaired) electrons. The van der Waals surface area contributed by atoms with Gasteiger partial charge in [0.25, 0.3) is 0 Å². The first kappa shape index (κ1) is 15.6. The monoisotopic (exact) mass is 293 g/mol. The summed E-state index contributed by atoms with van der Waals surface area (Å²) in [5.41, 5.74) is 0.763. The molecule has 1 heterocycles. The molecule has 0 aliphatic carbocycles. The van der Waals surface area contributed by atoms with E-state index in [1.807, 2.05) is 6.07 Å². The van der Waals surface area contributed by atoms with E-state index in [9.17, 15) is 10.1 Å². The van der Waals surface area contributed by atoms with Gasteiger partial charge in [0.05, 0.1) is 12.0 Å². The van der Waals surface area contributed by atoms with E-state index in [4.69, 9.17) is 4.74 Å². The number of methoxy groups -OCH3 is 1. The van der Waals surface area contributed by atoms with Gasteiger partial charge in [0, 0.05) is 24.3 Å². The zero-order chi connectivity index (χ0) is 15.4. The quantitative estimate of drug-likeness (QED) is 0.668. The van der Waals surface area contributed by atoms with Crippen molar-refractivity contribution in [1.29, 1.82) is 0 Å². The summed E-state index contributed by atoms with van der Waals surface area (Å²) < 4.78 is 5.02. The van der Waals surface area contributed by atoms with Gasteiger partial charge in [-0.1, -0.05) is 0 Å². The highest BCUT2D eigenvalue weighted by Crippen LogP contribution is 2.31. The number of nitrogens with one attached hydrogen (secondary N) is 1. The number of hydrogen-bond donors (Lipinski definition) is 1. The number of hydrogen-bond acceptors (Lipinski definition) is 5. The van der Waals surface area contributed by atoms with E-state index in [2.05, 4.69) is 24.2 Å². The van der Waals surface area contributed by atoms with E-state index in [0.717, 1.165) is 18.8 Å². The zero-order valence-corrected chi connectivity index (χ0v) is 12.8. The van der Waals surface area contributed by atoms with Gasteiger partial charge in [-0.05, 0) is 51.4 Å². The molecule has 1 aromatic rings. The Morgan fingerprint density at radius 1 is 1.52 bits per heavy atom. The van der Waals surface area contributed by atoms with Gasteiger partial charge in [-0.25, -0.2) is 0 Å². The highest BCUT2D eigenvalue weighted by molar-refractivity contribution is 5.58. The maximum Gasteiger partial charge on any atom is 0.312 e. The summed E-state index contributed by atoms with van der Waals surface area (Å²) in [5.74, 6) is 0.848. The molecule has 0 amide bonds. The first-order valence-electron chi connectivity index (χ1n) is 7.28. The van der Waals surface area contributed by atoms with Crippen LogP contribution in [0.1, 0.15) is 19.8 Å². The Hall–Kier alpha value is -1.82. The van der Waals surface area contributed by atoms with Gasteiger partial charge in [0.1, 0.15) is 0 Å². The first-order chi connectivity index (χ1) is 10.0. The molecule has 0 bridgehead atoms. The van der Waals surface area contributed by atoms with Crippen LogP contribution in [0, 0.1) is 16.0 Å². The second-order valence-corrected chi connectivity index (χ2v) is 5.74. The topological polar surface area (TPSA) is 67.6 Å². The average molecular weight is 293 g/mol. The Bertz CT molecular complexity index is 507. The molecule has 6 nitrogen and oxygen atoms in total. The minimum absolute atomic E-state index is 0.00420. The summed E-state index contributed by atoms with van der Waals surface area (Å²) >= 11 is 0. The molecule has 2 rings (SSSR count). The maximum atomic E-state index is 11.1. The van der Waals surface area contributed by atoms with Gasteiger partial charge >= 0.3 is 5.69 Å². The van der Waals surface area contributed by atoms with Crippen LogP contribution in [0.4, 0.5) is 11.4 Å². The van der Waals surface area contributed by atoms with Crippen molar-refractivity contribution < 1.29 is 9.66 Å². The highest BCUT2D eigenvalue weighted by atomic mass is 16.6. The molecule has 1 aliphatic heterocycles. The molecule has 0 aromatic heterocycles. The Morgan fingerprint density at radius 2 is 2.29 bits per heavy atom. The molecule has 21 heavy (non-hydrogen) atoms. The van der Waals surface area contributed by atoms with Crippen molar-refractivity contribution >= 4 is 11.4 Å². The molecule has 6 heteroatoms. The van der Waals surface area contributed by atoms with E-state index in [1.54, 1.807) is 12.1 Å². The minimum atomic E-state index is -0.414. The van der Waals surface area contributed by atoms with Crippen LogP contribution < -0.4 is 10.1 Å². The predicted octanol–water partition coefficient (Wildman–Crippen LogP) is 2.75. The molecule has 0 spiro atoms. The van der Waals surface area contributed by atoms with Crippen LogP contribution >= 0.6 is 0 Å². The fraction of sp³-hybridized carbons (Fsp3) is 0.600. The zero-order valence-electron chi connectivity index (χ0n) is 12.8. The van der Waals surface area contributed by atoms with Crippen molar-refractivity contribution in [1.82, 2.24) is 4.90 Å². The average Bonchev–Trinajstić information content (AvgIpc) is 2.47. The second kappa shape index (κ2) is 6.76. The Balaban J connectivity index is 2.08. The van der Waals surface area contributed by atoms with Gasteiger partial charge in [0.15, 0.2) is 5.75 Å². The predicted molar refractivity (Wildman–Crippen MR) is 83.0 cm³/mol. The van der Waals surface area contributed by atoms with Crippen LogP contribution in [0.3, 0.4) is 0 Å². The number of nitro benzene ring substituents is 1. The number of nitro groups is 1. The molecular formula is C15H23N3O3. The van der Waals surface area contributed by atoms with Crippen molar-refractivity contribution in [3.63, 3.8) is 0 Å². The fourth-order valence-corrected chi connectivity index (χ4v) is 2.92. The van der Waals surface area contributed by atoms with Gasteiger partial charge in [-0.3, -0.25) is 10.1 Å². The van der Waals surface area contributed by atoms with Crippen molar-refractivity contribution in [3.05, 3.63) is 28.3 Å². The van der Waals surface area contributed by atoms with E-state index >= 15 is 0 Å². The second-order valence-electron chi connectivity index (χ2n) is 5.74. The van der Waals surface area contributed by atoms with Gasteiger partial charge in [0.2, 0.25) is 0 Å². The third-order valence-electron chi connectivity index (χ3n) is 4.14. The SMILES string of the molecule is COc1ccc(NC(C)C2CCCN(C)C2)cc1[N+](=O)[O-]. The van der Waals surface area contributed by atoms with Crippen molar-refractivity contribution in [2.24, 2.45) is 5.92 Å². The molecule has 116 valence electrons. The smallest absolute Gasteiger partial charge is 0.312 e. The van der Waals surface area contributed by atoms with E-state index in [-0.39, 0.29) is 17.5 Å². The van der Waals surface area contributed by atoms with Crippen LogP contribution in [0.5, 0.6) is 5.75 Å². The standard InChI is InChI=1S/C15H23N3O3/c1-11(12-5-4-8-17(2)10-12)16-13-6-7-15(21-3)14(9-13)18(19)20/h6-7,9,11-12,16H,4-5,8,10H2,1-3H3. The Labute approximate surface area is 125 Å². The number of ether oxygens (including phenoxy) is 1. The summed E-state index contributed by atoms with van der Waals surface area (Å²) in [6, 6.07) is 5.29. The molecule has 1 aliphatic rings. The van der Waals surface area contributed by atoms with Crippen molar-refractivity contribution in [2.75, 3.05) is 32.6 Å². The third-order valence-corrected chi connectivity index (χ3v) is 4.14. The number of nitrogens with zero attached hydrogens (tertiary/aromatic N) is 2. The van der Waals surface area contributed by atoms with Crippen LogP contribution in [-0.4, -0.2) is 43.1 Å². The van der Waals surface area contributed by atoms with Crippen LogP contribution in [0.2, 0.25) is 0 Å². The molecule has 2 unspecified atom stereocenters. The minimum Gasteiger partial charge on any atom is -0.490 e. The number of likely N-dealkylation sites (tertiary alicyclic amines) is 1. The number of rotatable bonds is 5. The van der Waals surface area contributed by atoms with E-state index in [1.165, 1.54) is 20.0 Å². The third kappa shape index (κ3) is 3.85. The fourth-order valence-electron chi connectivity index (χ4n) is 2.92. The van der Waals surface area contributed by atoms with Gasteiger partial charge < -0.3 is 15.0 Å². The lowest BCUT2D eigenvalue weighted by atomic mass is 9.91. The largest absolute Gasteiger partial charge is 0.490 e. The van der Waals surface area contributed by atoms with Crippen LogP contribution in [-0.2, 0) is 0 Å². The van der Waals surface area contributed by atoms with Crippen molar-refractivity contribution in [3.8, 4) is 5.75 Å². The van der Waals surface area contributed by atoms with Gasteiger partial charge in [-0.15, -0.1) is 0 Å². The summed E-state index contributed by atoms with van der Waals surface area (Å²) in [7, 11) is 3.58. The summed E-state index contributed by atoms with van der Waals surface area (Å²) in [6.45, 7) is 4.35. The summed E-state index contributed by atoms with van der Waals surface area (Å²) in [6.07, 6.45) is 2.40. The molecule has 1 fully saturated rings. The Morgan fingerprint density at radius 3 is 2.90 bits per heavy atom. The number of benzene rings is 1. The normalized spacial score (nSPS) is 20.8. The lowest BCUT2D eigenvalue weighted by Crippen LogP contribution is -2.39. The van der Waals surface area contributed by atoms with E-state index < -0.39 is 4.92 Å². The lowest BCUT2D eigenvalue weighted by Gasteiger charge is -2.34. The first-order valence-corrected chi connectivity index (χ1v) is 7.28.